The third-order valence-corrected chi connectivity index (χ3v) is 5.27. The third kappa shape index (κ3) is 2.52. The Morgan fingerprint density at radius 1 is 1.10 bits per heavy atom. The summed E-state index contributed by atoms with van der Waals surface area (Å²) >= 11 is 3.57. The zero-order valence-electron chi connectivity index (χ0n) is 11.9. The SMILES string of the molecule is O=C(O)C1(c2ccc3c(c2Br)OCCCO3)CCCCC1. The number of hydrogen-bond acceptors (Lipinski definition) is 3. The molecule has 1 aromatic rings. The first-order valence-electron chi connectivity index (χ1n) is 7.47. The van der Waals surface area contributed by atoms with Gasteiger partial charge in [0.25, 0.3) is 0 Å². The lowest BCUT2D eigenvalue weighted by Crippen LogP contribution is -2.38. The van der Waals surface area contributed by atoms with Gasteiger partial charge in [-0.15, -0.1) is 0 Å². The predicted octanol–water partition coefficient (Wildman–Crippen LogP) is 3.90. The molecule has 0 unspecified atom stereocenters. The van der Waals surface area contributed by atoms with Crippen molar-refractivity contribution in [3.05, 3.63) is 22.2 Å². The van der Waals surface area contributed by atoms with Gasteiger partial charge in [-0.1, -0.05) is 25.3 Å². The molecule has 1 heterocycles. The molecule has 1 saturated carbocycles. The maximum Gasteiger partial charge on any atom is 0.314 e. The van der Waals surface area contributed by atoms with Crippen LogP contribution in [0.1, 0.15) is 44.1 Å². The van der Waals surface area contributed by atoms with Gasteiger partial charge in [-0.05, 0) is 40.4 Å². The maximum absolute atomic E-state index is 12.0. The Morgan fingerprint density at radius 3 is 2.52 bits per heavy atom. The van der Waals surface area contributed by atoms with Gasteiger partial charge >= 0.3 is 5.97 Å². The molecule has 0 radical (unpaired) electrons. The monoisotopic (exact) mass is 354 g/mol. The van der Waals surface area contributed by atoms with Crippen LogP contribution in [0.15, 0.2) is 16.6 Å². The summed E-state index contributed by atoms with van der Waals surface area (Å²) in [5, 5.41) is 9.83. The van der Waals surface area contributed by atoms with Crippen molar-refractivity contribution in [1.29, 1.82) is 0 Å². The first-order valence-corrected chi connectivity index (χ1v) is 8.26. The highest BCUT2D eigenvalue weighted by Crippen LogP contribution is 2.48. The van der Waals surface area contributed by atoms with Gasteiger partial charge in [-0.25, -0.2) is 0 Å². The molecular formula is C16H19BrO4. The summed E-state index contributed by atoms with van der Waals surface area (Å²) in [6.07, 6.45) is 5.21. The molecule has 21 heavy (non-hydrogen) atoms. The number of aliphatic carboxylic acids is 1. The van der Waals surface area contributed by atoms with Gasteiger partial charge < -0.3 is 14.6 Å². The molecule has 1 aromatic carbocycles. The lowest BCUT2D eigenvalue weighted by atomic mass is 9.69. The average Bonchev–Trinajstić information content (AvgIpc) is 2.74. The minimum atomic E-state index is -0.804. The van der Waals surface area contributed by atoms with E-state index in [4.69, 9.17) is 9.47 Å². The van der Waals surface area contributed by atoms with Crippen LogP contribution in [0.2, 0.25) is 0 Å². The minimum Gasteiger partial charge on any atom is -0.490 e. The van der Waals surface area contributed by atoms with E-state index in [0.29, 0.717) is 37.6 Å². The van der Waals surface area contributed by atoms with E-state index in [2.05, 4.69) is 15.9 Å². The molecule has 1 N–H and O–H groups in total. The molecule has 0 bridgehead atoms. The Morgan fingerprint density at radius 2 is 1.81 bits per heavy atom. The van der Waals surface area contributed by atoms with Crippen molar-refractivity contribution in [3.8, 4) is 11.5 Å². The number of halogens is 1. The van der Waals surface area contributed by atoms with Crippen LogP contribution >= 0.6 is 15.9 Å². The first-order chi connectivity index (χ1) is 10.1. The van der Waals surface area contributed by atoms with Crippen molar-refractivity contribution in [2.24, 2.45) is 0 Å². The summed E-state index contributed by atoms with van der Waals surface area (Å²) in [4.78, 5) is 12.0. The highest BCUT2D eigenvalue weighted by atomic mass is 79.9. The minimum absolute atomic E-state index is 0.592. The van der Waals surface area contributed by atoms with Crippen LogP contribution in [0.4, 0.5) is 0 Å². The van der Waals surface area contributed by atoms with Gasteiger partial charge in [-0.2, -0.15) is 0 Å². The van der Waals surface area contributed by atoms with E-state index in [1.165, 1.54) is 0 Å². The third-order valence-electron chi connectivity index (χ3n) is 4.49. The van der Waals surface area contributed by atoms with Crippen molar-refractivity contribution >= 4 is 21.9 Å². The zero-order chi connectivity index (χ0) is 14.9. The van der Waals surface area contributed by atoms with Crippen molar-refractivity contribution < 1.29 is 19.4 Å². The Hall–Kier alpha value is -1.23. The number of ether oxygens (including phenoxy) is 2. The summed E-state index contributed by atoms with van der Waals surface area (Å²) in [6, 6.07) is 3.73. The Balaban J connectivity index is 2.09. The molecule has 0 saturated heterocycles. The normalized spacial score (nSPS) is 20.6. The zero-order valence-corrected chi connectivity index (χ0v) is 13.4. The second-order valence-corrected chi connectivity index (χ2v) is 6.55. The quantitative estimate of drug-likeness (QED) is 0.874. The molecule has 1 aliphatic carbocycles. The Kier molecular flexibility index (Phi) is 4.11. The standard InChI is InChI=1S/C16H19BrO4/c17-13-11(16(15(18)19)7-2-1-3-8-16)5-6-12-14(13)21-10-4-9-20-12/h5-6H,1-4,7-10H2,(H,18,19). The lowest BCUT2D eigenvalue weighted by Gasteiger charge is -2.34. The van der Waals surface area contributed by atoms with Crippen LogP contribution in [-0.2, 0) is 10.2 Å². The van der Waals surface area contributed by atoms with Crippen LogP contribution < -0.4 is 9.47 Å². The fraction of sp³-hybridized carbons (Fsp3) is 0.562. The smallest absolute Gasteiger partial charge is 0.314 e. The summed E-state index contributed by atoms with van der Waals surface area (Å²) < 4.78 is 12.2. The van der Waals surface area contributed by atoms with E-state index in [1.54, 1.807) is 0 Å². The first kappa shape index (κ1) is 14.7. The molecule has 0 aromatic heterocycles. The summed E-state index contributed by atoms with van der Waals surface area (Å²) in [6.45, 7) is 1.22. The molecule has 0 amide bonds. The number of hydrogen-bond donors (Lipinski definition) is 1. The second kappa shape index (κ2) is 5.87. The molecule has 5 heteroatoms. The molecule has 2 aliphatic rings. The van der Waals surface area contributed by atoms with E-state index in [0.717, 1.165) is 35.7 Å². The topological polar surface area (TPSA) is 55.8 Å². The van der Waals surface area contributed by atoms with Crippen LogP contribution in [0.3, 0.4) is 0 Å². The highest BCUT2D eigenvalue weighted by Gasteiger charge is 2.43. The fourth-order valence-electron chi connectivity index (χ4n) is 3.33. The van der Waals surface area contributed by atoms with Gasteiger partial charge in [0.05, 0.1) is 23.1 Å². The molecule has 114 valence electrons. The number of benzene rings is 1. The highest BCUT2D eigenvalue weighted by molar-refractivity contribution is 9.10. The van der Waals surface area contributed by atoms with E-state index in [9.17, 15) is 9.90 Å². The van der Waals surface area contributed by atoms with Gasteiger partial charge in [0, 0.05) is 6.42 Å². The molecule has 3 rings (SSSR count). The molecule has 1 aliphatic heterocycles. The van der Waals surface area contributed by atoms with Crippen LogP contribution in [0.5, 0.6) is 11.5 Å². The van der Waals surface area contributed by atoms with E-state index in [-0.39, 0.29) is 0 Å². The number of rotatable bonds is 2. The van der Waals surface area contributed by atoms with E-state index >= 15 is 0 Å². The van der Waals surface area contributed by atoms with Gasteiger partial charge in [0.1, 0.15) is 0 Å². The fourth-order valence-corrected chi connectivity index (χ4v) is 4.15. The number of carboxylic acids is 1. The van der Waals surface area contributed by atoms with Crippen LogP contribution in [0, 0.1) is 0 Å². The number of carbonyl (C=O) groups is 1. The van der Waals surface area contributed by atoms with Crippen molar-refractivity contribution in [2.75, 3.05) is 13.2 Å². The van der Waals surface area contributed by atoms with Crippen LogP contribution in [0.25, 0.3) is 0 Å². The molecule has 1 fully saturated rings. The Labute approximate surface area is 132 Å². The van der Waals surface area contributed by atoms with E-state index in [1.807, 2.05) is 12.1 Å². The number of fused-ring (bicyclic) bond motifs is 1. The maximum atomic E-state index is 12.0. The molecular weight excluding hydrogens is 336 g/mol. The Bertz CT molecular complexity index is 549. The average molecular weight is 355 g/mol. The number of carboxylic acid groups (broad SMARTS) is 1. The van der Waals surface area contributed by atoms with Crippen molar-refractivity contribution in [3.63, 3.8) is 0 Å². The molecule has 0 atom stereocenters. The van der Waals surface area contributed by atoms with Crippen molar-refractivity contribution in [1.82, 2.24) is 0 Å². The second-order valence-electron chi connectivity index (χ2n) is 5.75. The van der Waals surface area contributed by atoms with Gasteiger partial charge in [0.2, 0.25) is 0 Å². The summed E-state index contributed by atoms with van der Waals surface area (Å²) in [7, 11) is 0. The van der Waals surface area contributed by atoms with Crippen LogP contribution in [-0.4, -0.2) is 24.3 Å². The van der Waals surface area contributed by atoms with E-state index < -0.39 is 11.4 Å². The largest absolute Gasteiger partial charge is 0.490 e. The summed E-state index contributed by atoms with van der Waals surface area (Å²) in [5.41, 5.74) is 0.0147. The van der Waals surface area contributed by atoms with Crippen molar-refractivity contribution in [2.45, 2.75) is 43.9 Å². The van der Waals surface area contributed by atoms with Gasteiger partial charge in [0.15, 0.2) is 11.5 Å². The predicted molar refractivity (Wildman–Crippen MR) is 82.1 cm³/mol. The summed E-state index contributed by atoms with van der Waals surface area (Å²) in [5.74, 6) is 0.605. The lowest BCUT2D eigenvalue weighted by molar-refractivity contribution is -0.145. The van der Waals surface area contributed by atoms with Gasteiger partial charge in [-0.3, -0.25) is 4.79 Å². The molecule has 0 spiro atoms. The molecule has 4 nitrogen and oxygen atoms in total.